The summed E-state index contributed by atoms with van der Waals surface area (Å²) in [7, 11) is 0. The molecule has 0 atom stereocenters. The minimum Gasteiger partial charge on any atom is -0.405 e. The number of halogens is 3. The second kappa shape index (κ2) is 7.54. The molecule has 0 aromatic heterocycles. The van der Waals surface area contributed by atoms with Crippen LogP contribution in [0.25, 0.3) is 0 Å². The van der Waals surface area contributed by atoms with Crippen molar-refractivity contribution in [3.63, 3.8) is 0 Å². The topological polar surface area (TPSA) is 70.6 Å². The highest BCUT2D eigenvalue weighted by atomic mass is 19.4. The van der Waals surface area contributed by atoms with Crippen LogP contribution in [-0.4, -0.2) is 29.6 Å². The number of benzene rings is 1. The standard InChI is InChI=1S/C15H19F3N2O3/c16-15(17,18)23-13-4-2-1-3-10(13)9-19-14(22)20-11-5-7-12(21)8-6-11/h1-4,11-12,21H,5-9H2,(H2,19,20,22). The highest BCUT2D eigenvalue weighted by molar-refractivity contribution is 5.74. The van der Waals surface area contributed by atoms with E-state index < -0.39 is 12.4 Å². The lowest BCUT2D eigenvalue weighted by Gasteiger charge is -2.26. The lowest BCUT2D eigenvalue weighted by atomic mass is 9.93. The summed E-state index contributed by atoms with van der Waals surface area (Å²) in [6, 6.07) is 5.18. The van der Waals surface area contributed by atoms with Crippen molar-refractivity contribution in [1.82, 2.24) is 10.6 Å². The molecule has 0 spiro atoms. The van der Waals surface area contributed by atoms with Crippen LogP contribution in [0.3, 0.4) is 0 Å². The molecule has 2 amide bonds. The Hall–Kier alpha value is -1.96. The van der Waals surface area contributed by atoms with Crippen LogP contribution in [-0.2, 0) is 6.54 Å². The first kappa shape index (κ1) is 17.4. The predicted molar refractivity (Wildman–Crippen MR) is 76.8 cm³/mol. The average molecular weight is 332 g/mol. The van der Waals surface area contributed by atoms with E-state index in [1.165, 1.54) is 18.2 Å². The minimum atomic E-state index is -4.78. The third-order valence-corrected chi connectivity index (χ3v) is 3.67. The van der Waals surface area contributed by atoms with Gasteiger partial charge in [-0.3, -0.25) is 0 Å². The van der Waals surface area contributed by atoms with Gasteiger partial charge in [0.05, 0.1) is 6.10 Å². The van der Waals surface area contributed by atoms with E-state index in [-0.39, 0.29) is 30.0 Å². The van der Waals surface area contributed by atoms with Gasteiger partial charge in [0.2, 0.25) is 0 Å². The summed E-state index contributed by atoms with van der Waals surface area (Å²) in [5.74, 6) is -0.332. The monoisotopic (exact) mass is 332 g/mol. The van der Waals surface area contributed by atoms with Crippen molar-refractivity contribution in [3.8, 4) is 5.75 Å². The molecule has 0 heterocycles. The molecular weight excluding hydrogens is 313 g/mol. The van der Waals surface area contributed by atoms with Crippen molar-refractivity contribution in [2.75, 3.05) is 0 Å². The second-order valence-electron chi connectivity index (χ2n) is 5.49. The number of carbonyl (C=O) groups is 1. The molecule has 2 rings (SSSR count). The Morgan fingerprint density at radius 2 is 1.87 bits per heavy atom. The molecule has 3 N–H and O–H groups in total. The number of para-hydroxylation sites is 1. The van der Waals surface area contributed by atoms with E-state index in [9.17, 15) is 23.1 Å². The Bertz CT molecular complexity index is 529. The van der Waals surface area contributed by atoms with E-state index in [2.05, 4.69) is 15.4 Å². The van der Waals surface area contributed by atoms with Gasteiger partial charge in [0.1, 0.15) is 5.75 Å². The van der Waals surface area contributed by atoms with Crippen molar-refractivity contribution in [2.24, 2.45) is 0 Å². The summed E-state index contributed by atoms with van der Waals surface area (Å²) >= 11 is 0. The summed E-state index contributed by atoms with van der Waals surface area (Å²) in [6.45, 7) is -0.0760. The van der Waals surface area contributed by atoms with Gasteiger partial charge < -0.3 is 20.5 Å². The van der Waals surface area contributed by atoms with Crippen LogP contribution in [0.4, 0.5) is 18.0 Å². The SMILES string of the molecule is O=C(NCc1ccccc1OC(F)(F)F)NC1CCC(O)CC1. The van der Waals surface area contributed by atoms with E-state index >= 15 is 0 Å². The molecular formula is C15H19F3N2O3. The molecule has 1 aromatic carbocycles. The summed E-state index contributed by atoms with van der Waals surface area (Å²) in [5, 5.41) is 14.7. The average Bonchev–Trinajstić information content (AvgIpc) is 2.47. The van der Waals surface area contributed by atoms with Gasteiger partial charge in [0.15, 0.2) is 0 Å². The second-order valence-corrected chi connectivity index (χ2v) is 5.49. The van der Waals surface area contributed by atoms with Gasteiger partial charge in [-0.05, 0) is 31.7 Å². The number of alkyl halides is 3. The van der Waals surface area contributed by atoms with E-state index in [1.807, 2.05) is 0 Å². The van der Waals surface area contributed by atoms with Gasteiger partial charge in [-0.1, -0.05) is 18.2 Å². The third-order valence-electron chi connectivity index (χ3n) is 3.67. The van der Waals surface area contributed by atoms with Gasteiger partial charge in [-0.25, -0.2) is 4.79 Å². The Kier molecular flexibility index (Phi) is 5.70. The maximum absolute atomic E-state index is 12.3. The summed E-state index contributed by atoms with van der Waals surface area (Å²) < 4.78 is 40.9. The van der Waals surface area contributed by atoms with Crippen LogP contribution >= 0.6 is 0 Å². The fraction of sp³-hybridized carbons (Fsp3) is 0.533. The first-order valence-corrected chi connectivity index (χ1v) is 7.39. The normalized spacial score (nSPS) is 21.6. The van der Waals surface area contributed by atoms with Crippen molar-refractivity contribution in [3.05, 3.63) is 29.8 Å². The Balaban J connectivity index is 1.84. The number of ether oxygens (including phenoxy) is 1. The summed E-state index contributed by atoms with van der Waals surface area (Å²) in [6.07, 6.45) is -2.46. The van der Waals surface area contributed by atoms with Gasteiger partial charge in [-0.15, -0.1) is 13.2 Å². The zero-order valence-corrected chi connectivity index (χ0v) is 12.4. The Morgan fingerprint density at radius 1 is 1.22 bits per heavy atom. The molecule has 128 valence electrons. The molecule has 0 bridgehead atoms. The number of nitrogens with one attached hydrogen (secondary N) is 2. The minimum absolute atomic E-state index is 0.0277. The first-order valence-electron chi connectivity index (χ1n) is 7.39. The Labute approximate surface area is 131 Å². The molecule has 0 saturated heterocycles. The number of hydrogen-bond donors (Lipinski definition) is 3. The zero-order valence-electron chi connectivity index (χ0n) is 12.4. The fourth-order valence-corrected chi connectivity index (χ4v) is 2.51. The quantitative estimate of drug-likeness (QED) is 0.794. The van der Waals surface area contributed by atoms with E-state index in [4.69, 9.17) is 0 Å². The number of aliphatic hydroxyl groups excluding tert-OH is 1. The van der Waals surface area contributed by atoms with Crippen LogP contribution in [0.2, 0.25) is 0 Å². The number of aliphatic hydroxyl groups is 1. The number of hydrogen-bond acceptors (Lipinski definition) is 3. The molecule has 1 aromatic rings. The van der Waals surface area contributed by atoms with Crippen LogP contribution in [0, 0.1) is 0 Å². The first-order chi connectivity index (χ1) is 10.8. The fourth-order valence-electron chi connectivity index (χ4n) is 2.51. The van der Waals surface area contributed by atoms with Crippen LogP contribution in [0.1, 0.15) is 31.2 Å². The highest BCUT2D eigenvalue weighted by Crippen LogP contribution is 2.26. The molecule has 1 aliphatic carbocycles. The largest absolute Gasteiger partial charge is 0.573 e. The van der Waals surface area contributed by atoms with Gasteiger partial charge in [0.25, 0.3) is 0 Å². The maximum atomic E-state index is 12.3. The van der Waals surface area contributed by atoms with Crippen molar-refractivity contribution < 1.29 is 27.8 Å². The van der Waals surface area contributed by atoms with Crippen LogP contribution < -0.4 is 15.4 Å². The Morgan fingerprint density at radius 3 is 2.52 bits per heavy atom. The van der Waals surface area contributed by atoms with E-state index in [1.54, 1.807) is 6.07 Å². The number of urea groups is 1. The van der Waals surface area contributed by atoms with Crippen molar-refractivity contribution in [1.29, 1.82) is 0 Å². The molecule has 8 heteroatoms. The van der Waals surface area contributed by atoms with Gasteiger partial charge >= 0.3 is 12.4 Å². The van der Waals surface area contributed by atoms with Crippen LogP contribution in [0.15, 0.2) is 24.3 Å². The van der Waals surface area contributed by atoms with Crippen molar-refractivity contribution >= 4 is 6.03 Å². The molecule has 0 aliphatic heterocycles. The summed E-state index contributed by atoms with van der Waals surface area (Å²) in [5.41, 5.74) is 0.235. The zero-order chi connectivity index (χ0) is 16.9. The third kappa shape index (κ3) is 5.97. The molecule has 5 nitrogen and oxygen atoms in total. The molecule has 1 saturated carbocycles. The van der Waals surface area contributed by atoms with Gasteiger partial charge in [0, 0.05) is 18.2 Å². The molecule has 1 fully saturated rings. The molecule has 0 radical (unpaired) electrons. The summed E-state index contributed by atoms with van der Waals surface area (Å²) in [4.78, 5) is 11.8. The highest BCUT2D eigenvalue weighted by Gasteiger charge is 2.32. The lowest BCUT2D eigenvalue weighted by molar-refractivity contribution is -0.274. The molecule has 1 aliphatic rings. The smallest absolute Gasteiger partial charge is 0.405 e. The number of amides is 2. The van der Waals surface area contributed by atoms with Gasteiger partial charge in [-0.2, -0.15) is 0 Å². The van der Waals surface area contributed by atoms with E-state index in [0.717, 1.165) is 0 Å². The molecule has 0 unspecified atom stereocenters. The lowest BCUT2D eigenvalue weighted by Crippen LogP contribution is -2.43. The maximum Gasteiger partial charge on any atom is 0.573 e. The van der Waals surface area contributed by atoms with Crippen LogP contribution in [0.5, 0.6) is 5.75 Å². The number of carbonyl (C=O) groups excluding carboxylic acids is 1. The van der Waals surface area contributed by atoms with E-state index in [0.29, 0.717) is 25.7 Å². The molecule has 23 heavy (non-hydrogen) atoms. The predicted octanol–water partition coefficient (Wildman–Crippen LogP) is 2.69. The number of rotatable bonds is 4. The van der Waals surface area contributed by atoms with Crippen molar-refractivity contribution in [2.45, 2.75) is 50.7 Å².